The lowest BCUT2D eigenvalue weighted by molar-refractivity contribution is -0.130. The summed E-state index contributed by atoms with van der Waals surface area (Å²) < 4.78 is 5.29. The van der Waals surface area contributed by atoms with Crippen LogP contribution in [-0.2, 0) is 9.53 Å². The predicted molar refractivity (Wildman–Crippen MR) is 58.2 cm³/mol. The third-order valence-electron chi connectivity index (χ3n) is 1.70. The molecule has 0 saturated carbocycles. The molecule has 0 aliphatic rings. The van der Waals surface area contributed by atoms with Gasteiger partial charge < -0.3 is 10.1 Å². The largest absolute Gasteiger partial charge is 0.366 e. The summed E-state index contributed by atoms with van der Waals surface area (Å²) in [6, 6.07) is 1.65. The van der Waals surface area contributed by atoms with Crippen molar-refractivity contribution in [3.63, 3.8) is 0 Å². The predicted octanol–water partition coefficient (Wildman–Crippen LogP) is 1.61. The second-order valence-electron chi connectivity index (χ2n) is 4.44. The van der Waals surface area contributed by atoms with Crippen LogP contribution in [0.3, 0.4) is 0 Å². The van der Waals surface area contributed by atoms with E-state index in [1.54, 1.807) is 0 Å². The highest BCUT2D eigenvalue weighted by Crippen LogP contribution is 2.05. The van der Waals surface area contributed by atoms with Crippen LogP contribution in [0.15, 0.2) is 0 Å². The Morgan fingerprint density at radius 1 is 1.53 bits per heavy atom. The highest BCUT2D eigenvalue weighted by molar-refractivity contribution is 5.77. The highest BCUT2D eigenvalue weighted by Gasteiger charge is 2.15. The minimum absolute atomic E-state index is 0.00535. The molecule has 0 aliphatic heterocycles. The Kier molecular flexibility index (Phi) is 5.95. The minimum atomic E-state index is -0.397. The van der Waals surface area contributed by atoms with Gasteiger partial charge in [0.05, 0.1) is 11.7 Å². The third kappa shape index (κ3) is 7.95. The normalized spacial score (nSPS) is 13.0. The Labute approximate surface area is 91.6 Å². The average Bonchev–Trinajstić information content (AvgIpc) is 2.13. The number of ether oxygens (including phenoxy) is 1. The summed E-state index contributed by atoms with van der Waals surface area (Å²) in [7, 11) is 0. The summed E-state index contributed by atoms with van der Waals surface area (Å²) in [4.78, 5) is 11.3. The zero-order valence-electron chi connectivity index (χ0n) is 9.96. The monoisotopic (exact) mass is 212 g/mol. The van der Waals surface area contributed by atoms with Crippen LogP contribution in [0, 0.1) is 11.3 Å². The van der Waals surface area contributed by atoms with Crippen molar-refractivity contribution in [2.24, 2.45) is 0 Å². The Hall–Kier alpha value is -1.08. The summed E-state index contributed by atoms with van der Waals surface area (Å²) in [6.45, 7) is 7.63. The summed E-state index contributed by atoms with van der Waals surface area (Å²) in [6.07, 6.45) is 1.55. The second kappa shape index (κ2) is 6.41. The molecule has 0 aromatic carbocycles. The number of nitrogens with zero attached hydrogens (tertiary/aromatic N) is 1. The molecular formula is C11H20N2O2. The van der Waals surface area contributed by atoms with Crippen LogP contribution in [0.25, 0.3) is 0 Å². The summed E-state index contributed by atoms with van der Waals surface area (Å²) in [5, 5.41) is 11.3. The first-order valence-electron chi connectivity index (χ1n) is 5.22. The van der Waals surface area contributed by atoms with Gasteiger partial charge in [0.2, 0.25) is 5.91 Å². The van der Waals surface area contributed by atoms with E-state index in [1.807, 2.05) is 33.8 Å². The fraction of sp³-hybridized carbons (Fsp3) is 0.818. The molecule has 0 saturated heterocycles. The topological polar surface area (TPSA) is 62.1 Å². The van der Waals surface area contributed by atoms with E-state index < -0.39 is 6.04 Å². The van der Waals surface area contributed by atoms with E-state index in [1.165, 1.54) is 0 Å². The molecule has 1 unspecified atom stereocenters. The number of hydrogen-bond acceptors (Lipinski definition) is 3. The highest BCUT2D eigenvalue weighted by atomic mass is 16.5. The Morgan fingerprint density at radius 3 is 2.53 bits per heavy atom. The molecule has 4 heteroatoms. The van der Waals surface area contributed by atoms with Crippen molar-refractivity contribution in [2.45, 2.75) is 52.2 Å². The summed E-state index contributed by atoms with van der Waals surface area (Å²) >= 11 is 0. The van der Waals surface area contributed by atoms with E-state index in [0.29, 0.717) is 6.42 Å². The van der Waals surface area contributed by atoms with Crippen molar-refractivity contribution in [3.05, 3.63) is 0 Å². The lowest BCUT2D eigenvalue weighted by Crippen LogP contribution is -2.38. The maximum absolute atomic E-state index is 11.3. The molecule has 1 atom stereocenters. The first-order chi connectivity index (χ1) is 6.89. The van der Waals surface area contributed by atoms with Gasteiger partial charge in [-0.25, -0.2) is 0 Å². The van der Waals surface area contributed by atoms with E-state index >= 15 is 0 Å². The molecule has 0 radical (unpaired) electrons. The van der Waals surface area contributed by atoms with Gasteiger partial charge in [-0.05, 0) is 27.2 Å². The van der Waals surface area contributed by atoms with Crippen molar-refractivity contribution < 1.29 is 9.53 Å². The molecule has 0 bridgehead atoms. The SMILES string of the molecule is CCCC(C#N)NC(=O)COC(C)(C)C. The molecule has 0 fully saturated rings. The van der Waals surface area contributed by atoms with Crippen molar-refractivity contribution >= 4 is 5.91 Å². The van der Waals surface area contributed by atoms with E-state index in [9.17, 15) is 4.79 Å². The van der Waals surface area contributed by atoms with Crippen LogP contribution < -0.4 is 5.32 Å². The van der Waals surface area contributed by atoms with Crippen LogP contribution in [-0.4, -0.2) is 24.2 Å². The average molecular weight is 212 g/mol. The molecule has 0 aromatic rings. The van der Waals surface area contributed by atoms with E-state index in [2.05, 4.69) is 5.32 Å². The number of nitrogens with one attached hydrogen (secondary N) is 1. The number of carbonyl (C=O) groups is 1. The lowest BCUT2D eigenvalue weighted by Gasteiger charge is -2.19. The maximum Gasteiger partial charge on any atom is 0.247 e. The van der Waals surface area contributed by atoms with Gasteiger partial charge in [0, 0.05) is 0 Å². The molecule has 4 nitrogen and oxygen atoms in total. The molecule has 1 N–H and O–H groups in total. The van der Waals surface area contributed by atoms with E-state index in [-0.39, 0.29) is 18.1 Å². The van der Waals surface area contributed by atoms with Crippen molar-refractivity contribution in [3.8, 4) is 6.07 Å². The summed E-state index contributed by atoms with van der Waals surface area (Å²) in [5.41, 5.74) is -0.329. The van der Waals surface area contributed by atoms with Gasteiger partial charge in [0.15, 0.2) is 0 Å². The molecule has 0 spiro atoms. The lowest BCUT2D eigenvalue weighted by atomic mass is 10.2. The van der Waals surface area contributed by atoms with Gasteiger partial charge in [0.25, 0.3) is 0 Å². The number of nitriles is 1. The van der Waals surface area contributed by atoms with Gasteiger partial charge in [-0.2, -0.15) is 5.26 Å². The van der Waals surface area contributed by atoms with Crippen LogP contribution in [0.4, 0.5) is 0 Å². The number of hydrogen-bond donors (Lipinski definition) is 1. The van der Waals surface area contributed by atoms with Crippen LogP contribution in [0.2, 0.25) is 0 Å². The number of rotatable bonds is 5. The van der Waals surface area contributed by atoms with E-state index in [0.717, 1.165) is 6.42 Å². The molecule has 0 aromatic heterocycles. The first kappa shape index (κ1) is 13.9. The Bertz CT molecular complexity index is 238. The minimum Gasteiger partial charge on any atom is -0.366 e. The molecular weight excluding hydrogens is 192 g/mol. The van der Waals surface area contributed by atoms with Gasteiger partial charge >= 0.3 is 0 Å². The van der Waals surface area contributed by atoms with Gasteiger partial charge in [0.1, 0.15) is 12.6 Å². The van der Waals surface area contributed by atoms with Gasteiger partial charge in [-0.1, -0.05) is 13.3 Å². The summed E-state index contributed by atoms with van der Waals surface area (Å²) in [5.74, 6) is -0.232. The molecule has 0 heterocycles. The van der Waals surface area contributed by atoms with Crippen LogP contribution in [0.1, 0.15) is 40.5 Å². The van der Waals surface area contributed by atoms with Crippen LogP contribution >= 0.6 is 0 Å². The maximum atomic E-state index is 11.3. The smallest absolute Gasteiger partial charge is 0.247 e. The fourth-order valence-electron chi connectivity index (χ4n) is 0.976. The van der Waals surface area contributed by atoms with Crippen LogP contribution in [0.5, 0.6) is 0 Å². The zero-order valence-corrected chi connectivity index (χ0v) is 9.96. The Balaban J connectivity index is 3.88. The van der Waals surface area contributed by atoms with Gasteiger partial charge in [-0.3, -0.25) is 4.79 Å². The molecule has 0 aliphatic carbocycles. The Morgan fingerprint density at radius 2 is 2.13 bits per heavy atom. The quantitative estimate of drug-likeness (QED) is 0.753. The van der Waals surface area contributed by atoms with E-state index in [4.69, 9.17) is 10.00 Å². The number of carbonyl (C=O) groups excluding carboxylic acids is 1. The third-order valence-corrected chi connectivity index (χ3v) is 1.70. The number of amides is 1. The van der Waals surface area contributed by atoms with Gasteiger partial charge in [-0.15, -0.1) is 0 Å². The fourth-order valence-corrected chi connectivity index (χ4v) is 0.976. The van der Waals surface area contributed by atoms with Crippen molar-refractivity contribution in [2.75, 3.05) is 6.61 Å². The molecule has 15 heavy (non-hydrogen) atoms. The molecule has 1 amide bonds. The van der Waals surface area contributed by atoms with Crippen molar-refractivity contribution in [1.29, 1.82) is 5.26 Å². The standard InChI is InChI=1S/C11H20N2O2/c1-5-6-9(7-12)13-10(14)8-15-11(2,3)4/h9H,5-6,8H2,1-4H3,(H,13,14). The van der Waals surface area contributed by atoms with Crippen molar-refractivity contribution in [1.82, 2.24) is 5.32 Å². The zero-order chi connectivity index (χ0) is 11.9. The molecule has 86 valence electrons. The second-order valence-corrected chi connectivity index (χ2v) is 4.44. The molecule has 0 rings (SSSR count). The first-order valence-corrected chi connectivity index (χ1v) is 5.22.